The maximum atomic E-state index is 12.6. The first-order chi connectivity index (χ1) is 14.4. The van der Waals surface area contributed by atoms with Crippen molar-refractivity contribution < 1.29 is 19.1 Å². The van der Waals surface area contributed by atoms with E-state index >= 15 is 0 Å². The third kappa shape index (κ3) is 6.67. The Morgan fingerprint density at radius 3 is 2.39 bits per heavy atom. The number of nitrogens with zero attached hydrogens (tertiary/aromatic N) is 1. The molecular weight excluding hydrogens is 441 g/mol. The van der Waals surface area contributed by atoms with Gasteiger partial charge in [0, 0.05) is 24.1 Å². The average molecular weight is 468 g/mol. The Kier molecular flexibility index (Phi) is 8.03. The van der Waals surface area contributed by atoms with Crippen LogP contribution in [0.25, 0.3) is 0 Å². The normalized spacial score (nSPS) is 11.2. The number of esters is 1. The van der Waals surface area contributed by atoms with Gasteiger partial charge in [0.05, 0.1) is 28.5 Å². The zero-order valence-corrected chi connectivity index (χ0v) is 19.5. The van der Waals surface area contributed by atoms with Gasteiger partial charge in [-0.2, -0.15) is 0 Å². The van der Waals surface area contributed by atoms with Crippen molar-refractivity contribution in [1.82, 2.24) is 0 Å². The quantitative estimate of drug-likeness (QED) is 0.446. The molecule has 2 rings (SSSR count). The van der Waals surface area contributed by atoms with Gasteiger partial charge in [0.15, 0.2) is 0 Å². The Labute approximate surface area is 192 Å². The number of rotatable bonds is 7. The van der Waals surface area contributed by atoms with E-state index < -0.39 is 11.6 Å². The molecule has 0 radical (unpaired) electrons. The van der Waals surface area contributed by atoms with Crippen molar-refractivity contribution in [3.05, 3.63) is 45.9 Å². The van der Waals surface area contributed by atoms with Crippen molar-refractivity contribution in [3.8, 4) is 5.75 Å². The average Bonchev–Trinajstić information content (AvgIpc) is 2.67. The number of hydrogen-bond donors (Lipinski definition) is 2. The summed E-state index contributed by atoms with van der Waals surface area (Å²) in [6.07, 6.45) is -0.0493. The summed E-state index contributed by atoms with van der Waals surface area (Å²) in [6, 6.07) is 8.33. The smallest absolute Gasteiger partial charge is 0.306 e. The number of halogens is 2. The van der Waals surface area contributed by atoms with Gasteiger partial charge >= 0.3 is 5.97 Å². The molecule has 2 aromatic rings. The van der Waals surface area contributed by atoms with Gasteiger partial charge in [0.1, 0.15) is 18.0 Å². The molecule has 0 aliphatic rings. The minimum Gasteiger partial charge on any atom is -0.487 e. The Hall–Kier alpha value is -2.64. The topological polar surface area (TPSA) is 108 Å². The predicted octanol–water partition coefficient (Wildman–Crippen LogP) is 4.82. The number of carbonyl (C=O) groups is 2. The fraction of sp³-hybridized carbons (Fsp3) is 0.364. The molecule has 0 saturated carbocycles. The standard InChI is InChI=1S/C22H27Cl2N3O4/c1-22(2,3)31-19(29)11-10-18(28)27(4)16-9-8-14(23)13(20(16)24)12-30-17-7-5-6-15(25)21(17)26/h5-9H,10-12,25-26H2,1-4H3. The van der Waals surface area contributed by atoms with Crippen molar-refractivity contribution in [1.29, 1.82) is 0 Å². The fourth-order valence-corrected chi connectivity index (χ4v) is 3.32. The molecule has 1 amide bonds. The summed E-state index contributed by atoms with van der Waals surface area (Å²) in [6.45, 7) is 5.34. The van der Waals surface area contributed by atoms with Gasteiger partial charge in [-0.25, -0.2) is 0 Å². The monoisotopic (exact) mass is 467 g/mol. The van der Waals surface area contributed by atoms with Crippen LogP contribution in [0, 0.1) is 0 Å². The zero-order valence-electron chi connectivity index (χ0n) is 18.0. The van der Waals surface area contributed by atoms with Crippen LogP contribution in [-0.2, 0) is 20.9 Å². The maximum Gasteiger partial charge on any atom is 0.306 e. The van der Waals surface area contributed by atoms with Crippen LogP contribution in [0.3, 0.4) is 0 Å². The number of anilines is 3. The lowest BCUT2D eigenvalue weighted by molar-refractivity contribution is -0.155. The van der Waals surface area contributed by atoms with E-state index in [0.717, 1.165) is 0 Å². The van der Waals surface area contributed by atoms with Gasteiger partial charge in [-0.15, -0.1) is 0 Å². The molecule has 0 heterocycles. The number of ether oxygens (including phenoxy) is 2. The molecule has 31 heavy (non-hydrogen) atoms. The molecular formula is C22H27Cl2N3O4. The first-order valence-electron chi connectivity index (χ1n) is 9.62. The highest BCUT2D eigenvalue weighted by molar-refractivity contribution is 6.38. The highest BCUT2D eigenvalue weighted by atomic mass is 35.5. The minimum atomic E-state index is -0.604. The van der Waals surface area contributed by atoms with Crippen molar-refractivity contribution in [2.75, 3.05) is 23.4 Å². The molecule has 0 aliphatic heterocycles. The van der Waals surface area contributed by atoms with Crippen molar-refractivity contribution in [3.63, 3.8) is 0 Å². The van der Waals surface area contributed by atoms with Crippen LogP contribution in [0.2, 0.25) is 10.0 Å². The first-order valence-corrected chi connectivity index (χ1v) is 10.4. The lowest BCUT2D eigenvalue weighted by Gasteiger charge is -2.22. The van der Waals surface area contributed by atoms with Crippen LogP contribution < -0.4 is 21.1 Å². The van der Waals surface area contributed by atoms with Crippen molar-refractivity contribution in [2.24, 2.45) is 0 Å². The van der Waals surface area contributed by atoms with Crippen molar-refractivity contribution >= 4 is 52.1 Å². The Balaban J connectivity index is 2.12. The molecule has 4 N–H and O–H groups in total. The highest BCUT2D eigenvalue weighted by Gasteiger charge is 2.21. The Morgan fingerprint density at radius 1 is 1.06 bits per heavy atom. The third-order valence-corrected chi connectivity index (χ3v) is 5.11. The van der Waals surface area contributed by atoms with E-state index in [1.165, 1.54) is 4.90 Å². The molecule has 0 unspecified atom stereocenters. The second-order valence-electron chi connectivity index (χ2n) is 7.95. The zero-order chi connectivity index (χ0) is 23.3. The van der Waals surface area contributed by atoms with Crippen LogP contribution in [0.4, 0.5) is 17.1 Å². The lowest BCUT2D eigenvalue weighted by atomic mass is 10.1. The molecule has 0 aliphatic carbocycles. The van der Waals surface area contributed by atoms with E-state index in [9.17, 15) is 9.59 Å². The maximum absolute atomic E-state index is 12.6. The van der Waals surface area contributed by atoms with E-state index in [1.54, 1.807) is 58.2 Å². The summed E-state index contributed by atoms with van der Waals surface area (Å²) < 4.78 is 11.0. The number of para-hydroxylation sites is 1. The number of nitrogen functional groups attached to an aromatic ring is 2. The minimum absolute atomic E-state index is 0.0178. The molecule has 0 saturated heterocycles. The Bertz CT molecular complexity index is 974. The predicted molar refractivity (Wildman–Crippen MR) is 125 cm³/mol. The molecule has 168 valence electrons. The van der Waals surface area contributed by atoms with E-state index in [2.05, 4.69) is 0 Å². The van der Waals surface area contributed by atoms with Gasteiger partial charge in [-0.05, 0) is 45.0 Å². The molecule has 0 aromatic heterocycles. The summed E-state index contributed by atoms with van der Waals surface area (Å²) in [7, 11) is 1.58. The number of benzene rings is 2. The Morgan fingerprint density at radius 2 is 1.74 bits per heavy atom. The highest BCUT2D eigenvalue weighted by Crippen LogP contribution is 2.36. The van der Waals surface area contributed by atoms with Crippen LogP contribution in [0.1, 0.15) is 39.2 Å². The second-order valence-corrected chi connectivity index (χ2v) is 8.73. The number of hydrogen-bond acceptors (Lipinski definition) is 6. The van der Waals surface area contributed by atoms with E-state index in [-0.39, 0.29) is 30.4 Å². The number of carbonyl (C=O) groups excluding carboxylic acids is 2. The van der Waals surface area contributed by atoms with Crippen LogP contribution in [0.5, 0.6) is 5.75 Å². The van der Waals surface area contributed by atoms with Crippen molar-refractivity contribution in [2.45, 2.75) is 45.8 Å². The van der Waals surface area contributed by atoms with Gasteiger partial charge in [-0.3, -0.25) is 9.59 Å². The third-order valence-electron chi connectivity index (χ3n) is 4.34. The number of nitrogens with two attached hydrogens (primary N) is 2. The summed E-state index contributed by atoms with van der Waals surface area (Å²) in [5.74, 6) is -0.327. The molecule has 0 spiro atoms. The van der Waals surface area contributed by atoms with E-state index in [0.29, 0.717) is 33.4 Å². The van der Waals surface area contributed by atoms with Gasteiger partial charge in [0.2, 0.25) is 5.91 Å². The molecule has 0 atom stereocenters. The summed E-state index contributed by atoms with van der Waals surface area (Å²) >= 11 is 12.8. The molecule has 0 bridgehead atoms. The first kappa shape index (κ1) is 24.6. The number of amides is 1. The lowest BCUT2D eigenvalue weighted by Crippen LogP contribution is -2.29. The van der Waals surface area contributed by atoms with Crippen LogP contribution in [-0.4, -0.2) is 24.5 Å². The van der Waals surface area contributed by atoms with Crippen LogP contribution in [0.15, 0.2) is 30.3 Å². The fourth-order valence-electron chi connectivity index (χ4n) is 2.72. The van der Waals surface area contributed by atoms with Gasteiger partial charge in [-0.1, -0.05) is 29.3 Å². The molecule has 2 aromatic carbocycles. The van der Waals surface area contributed by atoms with Gasteiger partial charge in [0.25, 0.3) is 0 Å². The van der Waals surface area contributed by atoms with Crippen LogP contribution >= 0.6 is 23.2 Å². The second kappa shape index (κ2) is 10.1. The molecule has 9 heteroatoms. The van der Waals surface area contributed by atoms with E-state index in [4.69, 9.17) is 44.1 Å². The summed E-state index contributed by atoms with van der Waals surface area (Å²) in [4.78, 5) is 25.9. The summed E-state index contributed by atoms with van der Waals surface area (Å²) in [5, 5.41) is 0.647. The molecule has 0 fully saturated rings. The molecule has 7 nitrogen and oxygen atoms in total. The SMILES string of the molecule is CN(C(=O)CCC(=O)OC(C)(C)C)c1ccc(Cl)c(COc2cccc(N)c2N)c1Cl. The van der Waals surface area contributed by atoms with Gasteiger partial charge < -0.3 is 25.8 Å². The summed E-state index contributed by atoms with van der Waals surface area (Å²) in [5.41, 5.74) is 12.8. The van der Waals surface area contributed by atoms with E-state index in [1.807, 2.05) is 0 Å². The largest absolute Gasteiger partial charge is 0.487 e.